The fourth-order valence-corrected chi connectivity index (χ4v) is 3.67. The van der Waals surface area contributed by atoms with Gasteiger partial charge in [-0.1, -0.05) is 6.07 Å². The molecular formula is C11H14N4O2S2. The summed E-state index contributed by atoms with van der Waals surface area (Å²) < 4.78 is 26.1. The molecule has 0 aliphatic rings. The summed E-state index contributed by atoms with van der Waals surface area (Å²) >= 11 is 1.51. The van der Waals surface area contributed by atoms with Gasteiger partial charge in [0.05, 0.1) is 0 Å². The molecule has 2 aromatic rings. The van der Waals surface area contributed by atoms with Gasteiger partial charge in [-0.25, -0.2) is 19.2 Å². The summed E-state index contributed by atoms with van der Waals surface area (Å²) in [6.07, 6.45) is 1.48. The zero-order valence-corrected chi connectivity index (χ0v) is 11.9. The predicted octanol–water partition coefficient (Wildman–Crippen LogP) is 1.25. The Bertz CT molecular complexity index is 640. The first-order valence-electron chi connectivity index (χ1n) is 5.46. The molecule has 0 aromatic carbocycles. The van der Waals surface area contributed by atoms with Crippen LogP contribution in [0.25, 0.3) is 0 Å². The van der Waals surface area contributed by atoms with Crippen LogP contribution < -0.4 is 11.3 Å². The molecule has 102 valence electrons. The van der Waals surface area contributed by atoms with Gasteiger partial charge in [0.1, 0.15) is 4.90 Å². The topological polar surface area (TPSA) is 88.3 Å². The van der Waals surface area contributed by atoms with Crippen molar-refractivity contribution in [3.63, 3.8) is 0 Å². The quantitative estimate of drug-likeness (QED) is 0.640. The van der Waals surface area contributed by atoms with E-state index in [0.717, 1.165) is 4.88 Å². The molecule has 0 radical (unpaired) electrons. The van der Waals surface area contributed by atoms with Crippen molar-refractivity contribution in [2.24, 2.45) is 5.84 Å². The third kappa shape index (κ3) is 2.92. The summed E-state index contributed by atoms with van der Waals surface area (Å²) in [4.78, 5) is 4.94. The molecule has 0 fully saturated rings. The van der Waals surface area contributed by atoms with Crippen LogP contribution in [-0.2, 0) is 16.6 Å². The molecule has 8 heteroatoms. The van der Waals surface area contributed by atoms with Gasteiger partial charge in [0.15, 0.2) is 5.82 Å². The molecule has 0 atom stereocenters. The summed E-state index contributed by atoms with van der Waals surface area (Å²) in [6.45, 7) is 0.318. The van der Waals surface area contributed by atoms with Crippen molar-refractivity contribution in [2.75, 3.05) is 12.5 Å². The second kappa shape index (κ2) is 5.66. The van der Waals surface area contributed by atoms with Gasteiger partial charge < -0.3 is 5.43 Å². The van der Waals surface area contributed by atoms with Gasteiger partial charge in [-0.15, -0.1) is 11.3 Å². The molecule has 0 bridgehead atoms. The second-order valence-corrected chi connectivity index (χ2v) is 6.88. The molecule has 0 aliphatic carbocycles. The van der Waals surface area contributed by atoms with Crippen LogP contribution in [0.4, 0.5) is 5.82 Å². The predicted molar refractivity (Wildman–Crippen MR) is 75.0 cm³/mol. The number of thiophene rings is 1. The Kier molecular flexibility index (Phi) is 4.15. The van der Waals surface area contributed by atoms with E-state index in [1.165, 1.54) is 35.0 Å². The number of anilines is 1. The number of hydrogen-bond donors (Lipinski definition) is 2. The van der Waals surface area contributed by atoms with E-state index >= 15 is 0 Å². The fourth-order valence-electron chi connectivity index (χ4n) is 1.58. The average Bonchev–Trinajstić information content (AvgIpc) is 2.91. The highest BCUT2D eigenvalue weighted by atomic mass is 32.2. The Hall–Kier alpha value is -1.48. The molecule has 0 spiro atoms. The maximum Gasteiger partial charge on any atom is 0.246 e. The first-order chi connectivity index (χ1) is 9.05. The summed E-state index contributed by atoms with van der Waals surface area (Å²) in [7, 11) is -2.09. The van der Waals surface area contributed by atoms with Gasteiger partial charge in [0, 0.05) is 24.7 Å². The van der Waals surface area contributed by atoms with Crippen LogP contribution >= 0.6 is 11.3 Å². The largest absolute Gasteiger partial charge is 0.307 e. The smallest absolute Gasteiger partial charge is 0.246 e. The van der Waals surface area contributed by atoms with E-state index in [9.17, 15) is 8.42 Å². The van der Waals surface area contributed by atoms with Crippen molar-refractivity contribution >= 4 is 27.2 Å². The molecule has 0 aliphatic heterocycles. The Morgan fingerprint density at radius 2 is 2.21 bits per heavy atom. The summed E-state index contributed by atoms with van der Waals surface area (Å²) in [5, 5.41) is 1.91. The van der Waals surface area contributed by atoms with Crippen molar-refractivity contribution < 1.29 is 8.42 Å². The normalized spacial score (nSPS) is 11.7. The summed E-state index contributed by atoms with van der Waals surface area (Å²) in [5.74, 6) is 5.43. The number of nitrogens with two attached hydrogens (primary N) is 1. The third-order valence-corrected chi connectivity index (χ3v) is 5.25. The minimum absolute atomic E-state index is 0.0663. The number of hydrogen-bond acceptors (Lipinski definition) is 6. The van der Waals surface area contributed by atoms with Crippen LogP contribution in [0.2, 0.25) is 0 Å². The summed E-state index contributed by atoms with van der Waals surface area (Å²) in [6, 6.07) is 6.81. The Balaban J connectivity index is 2.31. The highest BCUT2D eigenvalue weighted by Gasteiger charge is 2.24. The number of pyridine rings is 1. The number of aromatic nitrogens is 1. The van der Waals surface area contributed by atoms with Gasteiger partial charge >= 0.3 is 0 Å². The number of nitrogens with one attached hydrogen (secondary N) is 1. The van der Waals surface area contributed by atoms with Crippen molar-refractivity contribution in [1.29, 1.82) is 0 Å². The van der Waals surface area contributed by atoms with E-state index in [4.69, 9.17) is 5.84 Å². The molecule has 3 N–H and O–H groups in total. The lowest BCUT2D eigenvalue weighted by atomic mass is 10.5. The van der Waals surface area contributed by atoms with E-state index in [2.05, 4.69) is 10.4 Å². The molecule has 2 heterocycles. The Morgan fingerprint density at radius 1 is 1.42 bits per heavy atom. The minimum atomic E-state index is -3.62. The second-order valence-electron chi connectivity index (χ2n) is 3.83. The number of rotatable bonds is 5. The number of sulfonamides is 1. The SMILES string of the molecule is CN(Cc1cccs1)S(=O)(=O)c1cccnc1NN. The van der Waals surface area contributed by atoms with Crippen LogP contribution in [0, 0.1) is 0 Å². The van der Waals surface area contributed by atoms with Gasteiger partial charge in [-0.2, -0.15) is 4.31 Å². The van der Waals surface area contributed by atoms with Crippen molar-refractivity contribution in [2.45, 2.75) is 11.4 Å². The lowest BCUT2D eigenvalue weighted by molar-refractivity contribution is 0.469. The molecule has 19 heavy (non-hydrogen) atoms. The minimum Gasteiger partial charge on any atom is -0.307 e. The zero-order valence-electron chi connectivity index (χ0n) is 10.3. The first-order valence-corrected chi connectivity index (χ1v) is 7.78. The maximum atomic E-state index is 12.4. The first kappa shape index (κ1) is 13.9. The number of hydrazine groups is 1. The van der Waals surface area contributed by atoms with Crippen LogP contribution in [0.5, 0.6) is 0 Å². The Labute approximate surface area is 115 Å². The maximum absolute atomic E-state index is 12.4. The highest BCUT2D eigenvalue weighted by Crippen LogP contribution is 2.23. The van der Waals surface area contributed by atoms with Gasteiger partial charge in [0.2, 0.25) is 10.0 Å². The lowest BCUT2D eigenvalue weighted by Crippen LogP contribution is -2.27. The van der Waals surface area contributed by atoms with Crippen LogP contribution in [0.3, 0.4) is 0 Å². The molecular weight excluding hydrogens is 284 g/mol. The van der Waals surface area contributed by atoms with Crippen LogP contribution in [0.1, 0.15) is 4.88 Å². The van der Waals surface area contributed by atoms with E-state index in [1.807, 2.05) is 17.5 Å². The fraction of sp³-hybridized carbons (Fsp3) is 0.182. The molecule has 2 rings (SSSR count). The van der Waals surface area contributed by atoms with Gasteiger partial charge in [-0.05, 0) is 23.6 Å². The Morgan fingerprint density at radius 3 is 2.84 bits per heavy atom. The molecule has 0 saturated heterocycles. The van der Waals surface area contributed by atoms with E-state index in [0.29, 0.717) is 6.54 Å². The zero-order chi connectivity index (χ0) is 13.9. The molecule has 0 unspecified atom stereocenters. The monoisotopic (exact) mass is 298 g/mol. The summed E-state index contributed by atoms with van der Waals surface area (Å²) in [5.41, 5.74) is 2.30. The molecule has 0 saturated carbocycles. The third-order valence-electron chi connectivity index (χ3n) is 2.55. The lowest BCUT2D eigenvalue weighted by Gasteiger charge is -2.17. The van der Waals surface area contributed by atoms with Crippen molar-refractivity contribution in [3.05, 3.63) is 40.7 Å². The average molecular weight is 298 g/mol. The van der Waals surface area contributed by atoms with Crippen molar-refractivity contribution in [1.82, 2.24) is 9.29 Å². The van der Waals surface area contributed by atoms with Gasteiger partial charge in [-0.3, -0.25) is 0 Å². The van der Waals surface area contributed by atoms with Gasteiger partial charge in [0.25, 0.3) is 0 Å². The molecule has 2 aromatic heterocycles. The van der Waals surface area contributed by atoms with Crippen LogP contribution in [-0.4, -0.2) is 24.8 Å². The van der Waals surface area contributed by atoms with E-state index in [-0.39, 0.29) is 10.7 Å². The molecule has 6 nitrogen and oxygen atoms in total. The number of nitrogens with zero attached hydrogens (tertiary/aromatic N) is 2. The number of nitrogen functional groups attached to an aromatic ring is 1. The van der Waals surface area contributed by atoms with Crippen LogP contribution in [0.15, 0.2) is 40.7 Å². The van der Waals surface area contributed by atoms with E-state index < -0.39 is 10.0 Å². The highest BCUT2D eigenvalue weighted by molar-refractivity contribution is 7.89. The molecule has 0 amide bonds. The van der Waals surface area contributed by atoms with Crippen molar-refractivity contribution in [3.8, 4) is 0 Å². The van der Waals surface area contributed by atoms with E-state index in [1.54, 1.807) is 6.07 Å². The standard InChI is InChI=1S/C11H14N4O2S2/c1-15(8-9-4-3-7-18-9)19(16,17)10-5-2-6-13-11(10)14-12/h2-7H,8,12H2,1H3,(H,13,14).